The highest BCUT2D eigenvalue weighted by atomic mass is 79.9. The first-order chi connectivity index (χ1) is 9.52. The van der Waals surface area contributed by atoms with Crippen molar-refractivity contribution in [2.75, 3.05) is 6.54 Å². The molecule has 0 fully saturated rings. The van der Waals surface area contributed by atoms with Gasteiger partial charge in [0.2, 0.25) is 0 Å². The van der Waals surface area contributed by atoms with E-state index in [-0.39, 0.29) is 11.6 Å². The van der Waals surface area contributed by atoms with Crippen molar-refractivity contribution in [2.45, 2.75) is 19.9 Å². The molecule has 0 aliphatic rings. The van der Waals surface area contributed by atoms with Crippen LogP contribution in [-0.4, -0.2) is 6.54 Å². The number of hydrogen-bond donors (Lipinski definition) is 1. The van der Waals surface area contributed by atoms with Gasteiger partial charge < -0.3 is 5.32 Å². The van der Waals surface area contributed by atoms with Gasteiger partial charge in [-0.25, -0.2) is 8.78 Å². The lowest BCUT2D eigenvalue weighted by Gasteiger charge is -2.20. The molecule has 0 bridgehead atoms. The van der Waals surface area contributed by atoms with E-state index in [9.17, 15) is 8.78 Å². The average Bonchev–Trinajstić information content (AvgIpc) is 2.40. The molecule has 1 nitrogen and oxygen atoms in total. The summed E-state index contributed by atoms with van der Waals surface area (Å²) in [5.41, 5.74) is 1.73. The number of benzene rings is 2. The van der Waals surface area contributed by atoms with Crippen LogP contribution in [0.25, 0.3) is 0 Å². The summed E-state index contributed by atoms with van der Waals surface area (Å²) in [6.45, 7) is 4.35. The van der Waals surface area contributed by atoms with Crippen molar-refractivity contribution in [1.29, 1.82) is 0 Å². The Balaban J connectivity index is 2.53. The fourth-order valence-electron chi connectivity index (χ4n) is 2.19. The second-order valence-corrected chi connectivity index (χ2v) is 5.60. The second kappa shape index (κ2) is 6.46. The molecule has 1 N–H and O–H groups in total. The first kappa shape index (κ1) is 15.1. The first-order valence-corrected chi connectivity index (χ1v) is 7.26. The van der Waals surface area contributed by atoms with E-state index in [2.05, 4.69) is 21.2 Å². The van der Waals surface area contributed by atoms with Crippen LogP contribution in [0.15, 0.2) is 40.9 Å². The maximum Gasteiger partial charge on any atom is 0.128 e. The fraction of sp³-hybridized carbons (Fsp3) is 0.250. The van der Waals surface area contributed by atoms with E-state index < -0.39 is 6.04 Å². The summed E-state index contributed by atoms with van der Waals surface area (Å²) in [6.07, 6.45) is 0. The minimum Gasteiger partial charge on any atom is -0.306 e. The molecule has 1 atom stereocenters. The highest BCUT2D eigenvalue weighted by Gasteiger charge is 2.20. The number of halogens is 3. The molecule has 0 heterocycles. The van der Waals surface area contributed by atoms with Crippen LogP contribution in [0.2, 0.25) is 0 Å². The van der Waals surface area contributed by atoms with Crippen LogP contribution in [0.1, 0.15) is 29.7 Å². The summed E-state index contributed by atoms with van der Waals surface area (Å²) in [4.78, 5) is 0. The van der Waals surface area contributed by atoms with E-state index >= 15 is 0 Å². The van der Waals surface area contributed by atoms with Crippen LogP contribution >= 0.6 is 15.9 Å². The van der Waals surface area contributed by atoms with Gasteiger partial charge in [-0.05, 0) is 43.3 Å². The van der Waals surface area contributed by atoms with Crippen LogP contribution in [0.3, 0.4) is 0 Å². The Bertz CT molecular complexity index is 613. The molecule has 0 radical (unpaired) electrons. The van der Waals surface area contributed by atoms with Crippen LogP contribution in [0, 0.1) is 18.6 Å². The Hall–Kier alpha value is -1.26. The predicted octanol–water partition coefficient (Wildman–Crippen LogP) is 4.73. The molecule has 0 amide bonds. The van der Waals surface area contributed by atoms with Gasteiger partial charge in [0.15, 0.2) is 0 Å². The summed E-state index contributed by atoms with van der Waals surface area (Å²) < 4.78 is 29.0. The average molecular weight is 340 g/mol. The van der Waals surface area contributed by atoms with Gasteiger partial charge in [-0.2, -0.15) is 0 Å². The monoisotopic (exact) mass is 339 g/mol. The van der Waals surface area contributed by atoms with Crippen molar-refractivity contribution in [2.24, 2.45) is 0 Å². The number of nitrogens with one attached hydrogen (secondary N) is 1. The third-order valence-corrected chi connectivity index (χ3v) is 3.64. The van der Waals surface area contributed by atoms with Gasteiger partial charge >= 0.3 is 0 Å². The Morgan fingerprint density at radius 2 is 1.80 bits per heavy atom. The van der Waals surface area contributed by atoms with Crippen molar-refractivity contribution < 1.29 is 8.78 Å². The van der Waals surface area contributed by atoms with Crippen molar-refractivity contribution >= 4 is 15.9 Å². The standard InChI is InChI=1S/C16H16BrF2N/c1-3-20-16(12-6-4-10(2)8-15(12)19)13-9-11(17)5-7-14(13)18/h4-9,16,20H,3H2,1-2H3. The Kier molecular flexibility index (Phi) is 4.89. The smallest absolute Gasteiger partial charge is 0.128 e. The minimum absolute atomic E-state index is 0.324. The Labute approximate surface area is 126 Å². The molecule has 0 spiro atoms. The minimum atomic E-state index is -0.502. The van der Waals surface area contributed by atoms with Crippen molar-refractivity contribution in [3.63, 3.8) is 0 Å². The molecule has 106 valence electrons. The largest absolute Gasteiger partial charge is 0.306 e. The lowest BCUT2D eigenvalue weighted by molar-refractivity contribution is 0.530. The third kappa shape index (κ3) is 3.25. The van der Waals surface area contributed by atoms with E-state index in [1.807, 2.05) is 19.9 Å². The highest BCUT2D eigenvalue weighted by molar-refractivity contribution is 9.10. The lowest BCUT2D eigenvalue weighted by atomic mass is 9.96. The molecule has 20 heavy (non-hydrogen) atoms. The molecule has 0 aromatic heterocycles. The van der Waals surface area contributed by atoms with Gasteiger partial charge in [-0.1, -0.05) is 35.0 Å². The molecule has 0 saturated heterocycles. The van der Waals surface area contributed by atoms with E-state index in [0.717, 1.165) is 10.0 Å². The van der Waals surface area contributed by atoms with Crippen molar-refractivity contribution in [1.82, 2.24) is 5.32 Å². The fourth-order valence-corrected chi connectivity index (χ4v) is 2.57. The number of rotatable bonds is 4. The van der Waals surface area contributed by atoms with Gasteiger partial charge in [-0.3, -0.25) is 0 Å². The summed E-state index contributed by atoms with van der Waals surface area (Å²) in [6, 6.07) is 9.20. The molecule has 0 aliphatic heterocycles. The Morgan fingerprint density at radius 1 is 1.05 bits per heavy atom. The predicted molar refractivity (Wildman–Crippen MR) is 80.8 cm³/mol. The zero-order valence-corrected chi connectivity index (χ0v) is 13.0. The summed E-state index contributed by atoms with van der Waals surface area (Å²) in [5.74, 6) is -0.672. The molecule has 4 heteroatoms. The van der Waals surface area contributed by atoms with Crippen LogP contribution in [-0.2, 0) is 0 Å². The normalized spacial score (nSPS) is 12.4. The van der Waals surface area contributed by atoms with Gasteiger partial charge in [0.05, 0.1) is 6.04 Å². The zero-order chi connectivity index (χ0) is 14.7. The van der Waals surface area contributed by atoms with E-state index in [1.54, 1.807) is 18.2 Å². The van der Waals surface area contributed by atoms with Gasteiger partial charge in [-0.15, -0.1) is 0 Å². The van der Waals surface area contributed by atoms with E-state index in [0.29, 0.717) is 17.7 Å². The highest BCUT2D eigenvalue weighted by Crippen LogP contribution is 2.29. The van der Waals surface area contributed by atoms with Gasteiger partial charge in [0.1, 0.15) is 11.6 Å². The molecular formula is C16H16BrF2N. The summed E-state index contributed by atoms with van der Waals surface area (Å²) in [5, 5.41) is 3.14. The topological polar surface area (TPSA) is 12.0 Å². The van der Waals surface area contributed by atoms with Crippen LogP contribution in [0.4, 0.5) is 8.78 Å². The zero-order valence-electron chi connectivity index (χ0n) is 11.4. The van der Waals surface area contributed by atoms with Gasteiger partial charge in [0.25, 0.3) is 0 Å². The van der Waals surface area contributed by atoms with Crippen molar-refractivity contribution in [3.8, 4) is 0 Å². The molecule has 2 rings (SSSR count). The molecule has 2 aromatic carbocycles. The van der Waals surface area contributed by atoms with Crippen LogP contribution in [0.5, 0.6) is 0 Å². The molecule has 0 saturated carbocycles. The second-order valence-electron chi connectivity index (χ2n) is 4.68. The number of aryl methyl sites for hydroxylation is 1. The SMILES string of the molecule is CCNC(c1ccc(C)cc1F)c1cc(Br)ccc1F. The molecular weight excluding hydrogens is 324 g/mol. The summed E-state index contributed by atoms with van der Waals surface area (Å²) >= 11 is 3.33. The van der Waals surface area contributed by atoms with Crippen LogP contribution < -0.4 is 5.32 Å². The Morgan fingerprint density at radius 3 is 2.45 bits per heavy atom. The lowest BCUT2D eigenvalue weighted by Crippen LogP contribution is -2.24. The quantitative estimate of drug-likeness (QED) is 0.848. The molecule has 1 unspecified atom stereocenters. The maximum absolute atomic E-state index is 14.2. The van der Waals surface area contributed by atoms with Gasteiger partial charge in [0, 0.05) is 15.6 Å². The number of hydrogen-bond acceptors (Lipinski definition) is 1. The molecule has 0 aliphatic carbocycles. The van der Waals surface area contributed by atoms with E-state index in [4.69, 9.17) is 0 Å². The van der Waals surface area contributed by atoms with Crippen molar-refractivity contribution in [3.05, 3.63) is 69.2 Å². The third-order valence-electron chi connectivity index (χ3n) is 3.14. The van der Waals surface area contributed by atoms with E-state index in [1.165, 1.54) is 12.1 Å². The first-order valence-electron chi connectivity index (χ1n) is 6.47. The summed E-state index contributed by atoms with van der Waals surface area (Å²) in [7, 11) is 0. The maximum atomic E-state index is 14.2. The molecule has 2 aromatic rings.